The summed E-state index contributed by atoms with van der Waals surface area (Å²) in [5, 5.41) is 10.6. The van der Waals surface area contributed by atoms with Gasteiger partial charge in [0.25, 0.3) is 5.91 Å². The molecule has 0 aliphatic heterocycles. The molecule has 1 heterocycles. The Labute approximate surface area is 240 Å². The van der Waals surface area contributed by atoms with Crippen LogP contribution in [0.25, 0.3) is 21.9 Å². The molecule has 0 unspecified atom stereocenters. The van der Waals surface area contributed by atoms with Gasteiger partial charge in [-0.2, -0.15) is 18.4 Å². The molecule has 0 fully saturated rings. The standard InChI is InChI=1S/C33H25F3N2O2S/c1-22-9-12-25-5-2-3-8-29(25)31(22)32(39)38(21-27-15-16-30(40-27)33(34,35)36)20-23-10-13-24(14-11-23)26-6-4-7-28(19-26)41-18-17-37/h2-16,19H,18,20-21H2,1H3. The molecule has 1 amide bonds. The van der Waals surface area contributed by atoms with Crippen LogP contribution in [0.2, 0.25) is 0 Å². The zero-order valence-corrected chi connectivity index (χ0v) is 22.9. The first-order valence-electron chi connectivity index (χ1n) is 12.9. The molecule has 0 saturated carbocycles. The number of hydrogen-bond donors (Lipinski definition) is 0. The molecule has 5 aromatic rings. The first-order valence-corrected chi connectivity index (χ1v) is 13.8. The van der Waals surface area contributed by atoms with E-state index in [9.17, 15) is 18.0 Å². The minimum Gasteiger partial charge on any atom is -0.455 e. The monoisotopic (exact) mass is 570 g/mol. The molecule has 41 heavy (non-hydrogen) atoms. The predicted molar refractivity (Wildman–Crippen MR) is 154 cm³/mol. The summed E-state index contributed by atoms with van der Waals surface area (Å²) in [4.78, 5) is 16.5. The molecule has 0 bridgehead atoms. The van der Waals surface area contributed by atoms with Crippen LogP contribution in [0.4, 0.5) is 13.2 Å². The number of amides is 1. The quantitative estimate of drug-likeness (QED) is 0.175. The van der Waals surface area contributed by atoms with Crippen molar-refractivity contribution < 1.29 is 22.4 Å². The van der Waals surface area contributed by atoms with Crippen LogP contribution < -0.4 is 0 Å². The Balaban J connectivity index is 1.46. The highest BCUT2D eigenvalue weighted by molar-refractivity contribution is 7.99. The average molecular weight is 571 g/mol. The van der Waals surface area contributed by atoms with Crippen LogP contribution in [-0.2, 0) is 19.3 Å². The van der Waals surface area contributed by atoms with Crippen LogP contribution in [0.3, 0.4) is 0 Å². The number of alkyl halides is 3. The number of nitriles is 1. The molecule has 0 N–H and O–H groups in total. The summed E-state index contributed by atoms with van der Waals surface area (Å²) >= 11 is 1.46. The minimum atomic E-state index is -4.61. The highest BCUT2D eigenvalue weighted by Gasteiger charge is 2.35. The Hall–Kier alpha value is -4.48. The number of fused-ring (bicyclic) bond motifs is 1. The largest absolute Gasteiger partial charge is 0.455 e. The van der Waals surface area contributed by atoms with Crippen molar-refractivity contribution in [2.45, 2.75) is 31.1 Å². The highest BCUT2D eigenvalue weighted by Crippen LogP contribution is 2.32. The number of carbonyl (C=O) groups excluding carboxylic acids is 1. The maximum atomic E-state index is 14.0. The summed E-state index contributed by atoms with van der Waals surface area (Å²) in [5.74, 6) is -0.981. The summed E-state index contributed by atoms with van der Waals surface area (Å²) in [6.07, 6.45) is -4.61. The normalized spacial score (nSPS) is 11.4. The van der Waals surface area contributed by atoms with E-state index in [0.717, 1.165) is 44.0 Å². The number of halogens is 3. The number of carbonyl (C=O) groups is 1. The van der Waals surface area contributed by atoms with Crippen LogP contribution in [0, 0.1) is 18.3 Å². The third-order valence-corrected chi connectivity index (χ3v) is 7.59. The van der Waals surface area contributed by atoms with Crippen molar-refractivity contribution in [1.82, 2.24) is 4.90 Å². The molecular formula is C33H25F3N2O2S. The second-order valence-corrected chi connectivity index (χ2v) is 10.6. The van der Waals surface area contributed by atoms with Crippen molar-refractivity contribution >= 4 is 28.4 Å². The van der Waals surface area contributed by atoms with E-state index >= 15 is 0 Å². The van der Waals surface area contributed by atoms with Crippen molar-refractivity contribution in [3.8, 4) is 17.2 Å². The third-order valence-electron chi connectivity index (χ3n) is 6.72. The topological polar surface area (TPSA) is 57.2 Å². The van der Waals surface area contributed by atoms with Gasteiger partial charge in [-0.25, -0.2) is 0 Å². The van der Waals surface area contributed by atoms with Gasteiger partial charge < -0.3 is 9.32 Å². The van der Waals surface area contributed by atoms with E-state index < -0.39 is 11.9 Å². The van der Waals surface area contributed by atoms with Gasteiger partial charge in [0, 0.05) is 11.4 Å². The number of aryl methyl sites for hydroxylation is 1. The maximum Gasteiger partial charge on any atom is 0.449 e. The lowest BCUT2D eigenvalue weighted by molar-refractivity contribution is -0.153. The van der Waals surface area contributed by atoms with Gasteiger partial charge in [0.05, 0.1) is 23.9 Å². The molecule has 1 aromatic heterocycles. The molecule has 0 aliphatic carbocycles. The molecule has 206 valence electrons. The number of benzene rings is 4. The van der Waals surface area contributed by atoms with Crippen LogP contribution in [-0.4, -0.2) is 16.6 Å². The van der Waals surface area contributed by atoms with E-state index in [1.807, 2.05) is 91.9 Å². The summed E-state index contributed by atoms with van der Waals surface area (Å²) in [6, 6.07) is 31.3. The Morgan fingerprint density at radius 3 is 2.41 bits per heavy atom. The SMILES string of the molecule is Cc1ccc2ccccc2c1C(=O)N(Cc1ccc(-c2cccc(SCC#N)c2)cc1)Cc1ccc(C(F)(F)F)o1. The maximum absolute atomic E-state index is 14.0. The first-order chi connectivity index (χ1) is 19.7. The van der Waals surface area contributed by atoms with E-state index in [1.165, 1.54) is 22.7 Å². The van der Waals surface area contributed by atoms with Gasteiger partial charge in [-0.15, -0.1) is 11.8 Å². The van der Waals surface area contributed by atoms with Crippen LogP contribution in [0.15, 0.2) is 106 Å². The number of hydrogen-bond acceptors (Lipinski definition) is 4. The van der Waals surface area contributed by atoms with Gasteiger partial charge in [0.2, 0.25) is 5.76 Å². The van der Waals surface area contributed by atoms with Gasteiger partial charge >= 0.3 is 6.18 Å². The second-order valence-electron chi connectivity index (χ2n) is 9.58. The molecule has 8 heteroatoms. The van der Waals surface area contributed by atoms with Gasteiger partial charge in [-0.05, 0) is 64.2 Å². The lowest BCUT2D eigenvalue weighted by Gasteiger charge is -2.24. The molecule has 4 aromatic carbocycles. The smallest absolute Gasteiger partial charge is 0.449 e. The molecule has 0 spiro atoms. The second kappa shape index (κ2) is 11.9. The molecule has 0 aliphatic rings. The predicted octanol–water partition coefficient (Wildman–Crippen LogP) is 8.89. The van der Waals surface area contributed by atoms with Gasteiger partial charge in [-0.3, -0.25) is 4.79 Å². The summed E-state index contributed by atoms with van der Waals surface area (Å²) in [5.41, 5.74) is 4.07. The van der Waals surface area contributed by atoms with E-state index in [0.29, 0.717) is 11.3 Å². The minimum absolute atomic E-state index is 0.0480. The molecule has 0 saturated heterocycles. The molecular weight excluding hydrogens is 545 g/mol. The number of rotatable bonds is 8. The van der Waals surface area contributed by atoms with E-state index in [-0.39, 0.29) is 24.8 Å². The summed E-state index contributed by atoms with van der Waals surface area (Å²) in [7, 11) is 0. The Kier molecular flexibility index (Phi) is 8.18. The zero-order valence-electron chi connectivity index (χ0n) is 22.1. The van der Waals surface area contributed by atoms with Gasteiger partial charge in [0.1, 0.15) is 5.76 Å². The van der Waals surface area contributed by atoms with Crippen molar-refractivity contribution in [2.24, 2.45) is 0 Å². The zero-order chi connectivity index (χ0) is 29.0. The average Bonchev–Trinajstić information content (AvgIpc) is 3.45. The van der Waals surface area contributed by atoms with Crippen LogP contribution >= 0.6 is 11.8 Å². The Bertz CT molecular complexity index is 1740. The van der Waals surface area contributed by atoms with E-state index in [4.69, 9.17) is 9.68 Å². The van der Waals surface area contributed by atoms with Gasteiger partial charge in [0.15, 0.2) is 0 Å². The third kappa shape index (κ3) is 6.47. The fraction of sp³-hybridized carbons (Fsp3) is 0.152. The number of thioether (sulfide) groups is 1. The van der Waals surface area contributed by atoms with Crippen molar-refractivity contribution in [2.75, 3.05) is 5.75 Å². The summed E-state index contributed by atoms with van der Waals surface area (Å²) < 4.78 is 44.7. The van der Waals surface area contributed by atoms with Crippen LogP contribution in [0.5, 0.6) is 0 Å². The Morgan fingerprint density at radius 1 is 0.902 bits per heavy atom. The fourth-order valence-electron chi connectivity index (χ4n) is 4.73. The van der Waals surface area contributed by atoms with Gasteiger partial charge in [-0.1, -0.05) is 72.8 Å². The molecule has 0 atom stereocenters. The lowest BCUT2D eigenvalue weighted by Crippen LogP contribution is -2.30. The van der Waals surface area contributed by atoms with Crippen LogP contribution in [0.1, 0.15) is 33.0 Å². The summed E-state index contributed by atoms with van der Waals surface area (Å²) in [6.45, 7) is 1.89. The number of furan rings is 1. The van der Waals surface area contributed by atoms with E-state index in [1.54, 1.807) is 0 Å². The first kappa shape index (κ1) is 28.1. The van der Waals surface area contributed by atoms with Crippen molar-refractivity contribution in [3.63, 3.8) is 0 Å². The molecule has 0 radical (unpaired) electrons. The Morgan fingerprint density at radius 2 is 1.68 bits per heavy atom. The highest BCUT2D eigenvalue weighted by atomic mass is 32.2. The number of nitrogens with zero attached hydrogens (tertiary/aromatic N) is 2. The molecule has 4 nitrogen and oxygen atoms in total. The lowest BCUT2D eigenvalue weighted by atomic mass is 9.98. The van der Waals surface area contributed by atoms with Crippen molar-refractivity contribution in [3.05, 3.63) is 125 Å². The molecule has 5 rings (SSSR count). The van der Waals surface area contributed by atoms with Crippen molar-refractivity contribution in [1.29, 1.82) is 5.26 Å². The fourth-order valence-corrected chi connectivity index (χ4v) is 5.35. The van der Waals surface area contributed by atoms with E-state index in [2.05, 4.69) is 6.07 Å².